The first-order valence-electron chi connectivity index (χ1n) is 7.02. The molecular formula is C16H26BrNO. The van der Waals surface area contributed by atoms with Crippen LogP contribution < -0.4 is 5.32 Å². The normalized spacial score (nSPS) is 13.3. The number of ether oxygens (including phenoxy) is 1. The molecule has 1 N–H and O–H groups in total. The van der Waals surface area contributed by atoms with E-state index in [-0.39, 0.29) is 6.10 Å². The molecule has 0 saturated heterocycles. The van der Waals surface area contributed by atoms with Crippen LogP contribution in [-0.4, -0.2) is 12.1 Å². The van der Waals surface area contributed by atoms with E-state index in [0.29, 0.717) is 18.6 Å². The summed E-state index contributed by atoms with van der Waals surface area (Å²) < 4.78 is 6.99. The van der Waals surface area contributed by atoms with Crippen molar-refractivity contribution in [3.63, 3.8) is 0 Å². The van der Waals surface area contributed by atoms with Gasteiger partial charge in [-0.25, -0.2) is 0 Å². The molecule has 3 heteroatoms. The van der Waals surface area contributed by atoms with Gasteiger partial charge in [0.15, 0.2) is 0 Å². The summed E-state index contributed by atoms with van der Waals surface area (Å²) in [7, 11) is 0. The molecule has 1 atom stereocenters. The van der Waals surface area contributed by atoms with Crippen molar-refractivity contribution in [2.45, 2.75) is 59.9 Å². The van der Waals surface area contributed by atoms with Gasteiger partial charge in [-0.3, -0.25) is 0 Å². The molecule has 0 aliphatic rings. The van der Waals surface area contributed by atoms with E-state index >= 15 is 0 Å². The minimum absolute atomic E-state index is 0.286. The molecule has 1 rings (SSSR count). The van der Waals surface area contributed by atoms with Gasteiger partial charge in [-0.05, 0) is 30.0 Å². The molecule has 2 nitrogen and oxygen atoms in total. The van der Waals surface area contributed by atoms with E-state index in [0.717, 1.165) is 11.0 Å². The largest absolute Gasteiger partial charge is 0.374 e. The number of benzene rings is 1. The molecule has 0 aliphatic heterocycles. The van der Waals surface area contributed by atoms with Crippen molar-refractivity contribution in [2.75, 3.05) is 0 Å². The van der Waals surface area contributed by atoms with Crippen LogP contribution in [0.15, 0.2) is 22.7 Å². The Balaban J connectivity index is 2.57. The summed E-state index contributed by atoms with van der Waals surface area (Å²) >= 11 is 3.63. The maximum atomic E-state index is 5.86. The van der Waals surface area contributed by atoms with E-state index in [2.05, 4.69) is 74.1 Å². The van der Waals surface area contributed by atoms with Crippen LogP contribution in [0, 0.1) is 5.92 Å². The van der Waals surface area contributed by atoms with E-state index in [4.69, 9.17) is 4.74 Å². The lowest BCUT2D eigenvalue weighted by Gasteiger charge is -2.17. The zero-order valence-corrected chi connectivity index (χ0v) is 14.3. The van der Waals surface area contributed by atoms with Crippen LogP contribution in [0.3, 0.4) is 0 Å². The molecule has 1 aromatic carbocycles. The first-order valence-corrected chi connectivity index (χ1v) is 7.81. The average Bonchev–Trinajstić information content (AvgIpc) is 2.34. The van der Waals surface area contributed by atoms with Gasteiger partial charge in [-0.1, -0.05) is 55.8 Å². The van der Waals surface area contributed by atoms with Crippen LogP contribution in [-0.2, 0) is 17.9 Å². The van der Waals surface area contributed by atoms with E-state index in [1.54, 1.807) is 0 Å². The Kier molecular flexibility index (Phi) is 7.05. The van der Waals surface area contributed by atoms with Gasteiger partial charge in [0.05, 0.1) is 12.7 Å². The highest BCUT2D eigenvalue weighted by Gasteiger charge is 2.09. The molecule has 1 aromatic rings. The molecule has 0 bridgehead atoms. The highest BCUT2D eigenvalue weighted by atomic mass is 79.9. The van der Waals surface area contributed by atoms with E-state index < -0.39 is 0 Å². The SMILES string of the molecule is CC(C)NCc1ccc(COC(C)C(C)C)c(Br)c1. The van der Waals surface area contributed by atoms with Crippen LogP contribution in [0.5, 0.6) is 0 Å². The van der Waals surface area contributed by atoms with Crippen molar-refractivity contribution in [1.82, 2.24) is 5.32 Å². The molecule has 0 heterocycles. The Morgan fingerprint density at radius 3 is 2.37 bits per heavy atom. The maximum absolute atomic E-state index is 5.86. The van der Waals surface area contributed by atoms with E-state index in [1.165, 1.54) is 11.1 Å². The third-order valence-electron chi connectivity index (χ3n) is 3.27. The van der Waals surface area contributed by atoms with Gasteiger partial charge in [-0.15, -0.1) is 0 Å². The molecule has 108 valence electrons. The fourth-order valence-electron chi connectivity index (χ4n) is 1.55. The second-order valence-corrected chi connectivity index (χ2v) is 6.58. The fourth-order valence-corrected chi connectivity index (χ4v) is 2.09. The number of hydrogen-bond donors (Lipinski definition) is 1. The van der Waals surface area contributed by atoms with Crippen molar-refractivity contribution >= 4 is 15.9 Å². The Morgan fingerprint density at radius 2 is 1.84 bits per heavy atom. The summed E-state index contributed by atoms with van der Waals surface area (Å²) in [5.74, 6) is 0.549. The smallest absolute Gasteiger partial charge is 0.0731 e. The summed E-state index contributed by atoms with van der Waals surface area (Å²) in [5.41, 5.74) is 2.50. The monoisotopic (exact) mass is 327 g/mol. The van der Waals surface area contributed by atoms with Gasteiger partial charge in [0.25, 0.3) is 0 Å². The van der Waals surface area contributed by atoms with Crippen LogP contribution in [0.4, 0.5) is 0 Å². The van der Waals surface area contributed by atoms with Crippen molar-refractivity contribution < 1.29 is 4.74 Å². The molecule has 0 saturated carbocycles. The third-order valence-corrected chi connectivity index (χ3v) is 4.01. The fraction of sp³-hybridized carbons (Fsp3) is 0.625. The molecule has 1 unspecified atom stereocenters. The predicted molar refractivity (Wildman–Crippen MR) is 85.2 cm³/mol. The Labute approximate surface area is 126 Å². The van der Waals surface area contributed by atoms with Gasteiger partial charge >= 0.3 is 0 Å². The predicted octanol–water partition coefficient (Wildman–Crippen LogP) is 4.51. The summed E-state index contributed by atoms with van der Waals surface area (Å²) in [6.07, 6.45) is 0.286. The second-order valence-electron chi connectivity index (χ2n) is 5.72. The van der Waals surface area contributed by atoms with Gasteiger partial charge < -0.3 is 10.1 Å². The lowest BCUT2D eigenvalue weighted by atomic mass is 10.1. The van der Waals surface area contributed by atoms with E-state index in [1.807, 2.05) is 0 Å². The maximum Gasteiger partial charge on any atom is 0.0731 e. The van der Waals surface area contributed by atoms with Crippen LogP contribution in [0.1, 0.15) is 45.7 Å². The summed E-state index contributed by atoms with van der Waals surface area (Å²) in [6.45, 7) is 12.4. The molecular weight excluding hydrogens is 302 g/mol. The topological polar surface area (TPSA) is 21.3 Å². The molecule has 0 fully saturated rings. The zero-order chi connectivity index (χ0) is 14.4. The molecule has 0 amide bonds. The lowest BCUT2D eigenvalue weighted by Crippen LogP contribution is -2.21. The third kappa shape index (κ3) is 6.07. The summed E-state index contributed by atoms with van der Waals surface area (Å²) in [6, 6.07) is 7.00. The Bertz CT molecular complexity index is 390. The quantitative estimate of drug-likeness (QED) is 0.795. The average molecular weight is 328 g/mol. The minimum Gasteiger partial charge on any atom is -0.374 e. The van der Waals surface area contributed by atoms with Crippen molar-refractivity contribution in [3.05, 3.63) is 33.8 Å². The minimum atomic E-state index is 0.286. The van der Waals surface area contributed by atoms with Crippen molar-refractivity contribution in [3.8, 4) is 0 Å². The molecule has 0 radical (unpaired) electrons. The standard InChI is InChI=1S/C16H26BrNO/c1-11(2)13(5)19-10-15-7-6-14(8-16(15)17)9-18-12(3)4/h6-8,11-13,18H,9-10H2,1-5H3. The van der Waals surface area contributed by atoms with Gasteiger partial charge in [0.1, 0.15) is 0 Å². The van der Waals surface area contributed by atoms with Gasteiger partial charge in [0, 0.05) is 17.1 Å². The summed E-state index contributed by atoms with van der Waals surface area (Å²) in [5, 5.41) is 3.42. The van der Waals surface area contributed by atoms with E-state index in [9.17, 15) is 0 Å². The number of nitrogens with one attached hydrogen (secondary N) is 1. The first-order chi connectivity index (χ1) is 8.90. The van der Waals surface area contributed by atoms with Crippen LogP contribution in [0.2, 0.25) is 0 Å². The van der Waals surface area contributed by atoms with Crippen LogP contribution >= 0.6 is 15.9 Å². The zero-order valence-electron chi connectivity index (χ0n) is 12.7. The molecule has 0 spiro atoms. The molecule has 0 aromatic heterocycles. The first kappa shape index (κ1) is 16.7. The highest BCUT2D eigenvalue weighted by molar-refractivity contribution is 9.10. The van der Waals surface area contributed by atoms with Gasteiger partial charge in [-0.2, -0.15) is 0 Å². The lowest BCUT2D eigenvalue weighted by molar-refractivity contribution is 0.0232. The Hall–Kier alpha value is -0.380. The number of rotatable bonds is 7. The highest BCUT2D eigenvalue weighted by Crippen LogP contribution is 2.21. The molecule has 19 heavy (non-hydrogen) atoms. The van der Waals surface area contributed by atoms with Crippen LogP contribution in [0.25, 0.3) is 0 Å². The number of hydrogen-bond acceptors (Lipinski definition) is 2. The van der Waals surface area contributed by atoms with Crippen molar-refractivity contribution in [1.29, 1.82) is 0 Å². The number of halogens is 1. The molecule has 0 aliphatic carbocycles. The van der Waals surface area contributed by atoms with Gasteiger partial charge in [0.2, 0.25) is 0 Å². The Morgan fingerprint density at radius 1 is 1.16 bits per heavy atom. The van der Waals surface area contributed by atoms with Crippen molar-refractivity contribution in [2.24, 2.45) is 5.92 Å². The summed E-state index contributed by atoms with van der Waals surface area (Å²) in [4.78, 5) is 0. The second kappa shape index (κ2) is 8.03.